The van der Waals surface area contributed by atoms with Gasteiger partial charge in [-0.15, -0.1) is 0 Å². The second-order valence-electron chi connectivity index (χ2n) is 7.24. The highest BCUT2D eigenvalue weighted by Crippen LogP contribution is 2.12. The lowest BCUT2D eigenvalue weighted by Gasteiger charge is -2.02. The highest BCUT2D eigenvalue weighted by molar-refractivity contribution is 5.47. The van der Waals surface area contributed by atoms with E-state index in [0.29, 0.717) is 0 Å². The Balaban J connectivity index is 1.56. The second kappa shape index (κ2) is 12.5. The molecule has 1 aromatic heterocycles. The Kier molecular flexibility index (Phi) is 9.78. The first-order valence-electron chi connectivity index (χ1n) is 10.4. The maximum absolute atomic E-state index is 4.61. The van der Waals surface area contributed by atoms with E-state index in [1.165, 1.54) is 69.8 Å². The predicted molar refractivity (Wildman–Crippen MR) is 111 cm³/mol. The summed E-state index contributed by atoms with van der Waals surface area (Å²) < 4.78 is 1.94. The van der Waals surface area contributed by atoms with Gasteiger partial charge in [-0.2, -0.15) is 5.10 Å². The summed E-state index contributed by atoms with van der Waals surface area (Å²) in [6.07, 6.45) is 18.4. The van der Waals surface area contributed by atoms with E-state index >= 15 is 0 Å². The number of aryl methyl sites for hydroxylation is 1. The Morgan fingerprint density at radius 1 is 0.885 bits per heavy atom. The van der Waals surface area contributed by atoms with Gasteiger partial charge < -0.3 is 0 Å². The quantitative estimate of drug-likeness (QED) is 0.366. The minimum atomic E-state index is 0.780. The van der Waals surface area contributed by atoms with Gasteiger partial charge in [-0.25, -0.2) is 9.67 Å². The third-order valence-corrected chi connectivity index (χ3v) is 4.90. The highest BCUT2D eigenvalue weighted by Gasteiger charge is 2.02. The highest BCUT2D eigenvalue weighted by atomic mass is 15.3. The van der Waals surface area contributed by atoms with Crippen LogP contribution in [0.15, 0.2) is 37.2 Å². The number of unbranched alkanes of at least 4 members (excludes halogenated alkanes) is 9. The Morgan fingerprint density at radius 2 is 1.50 bits per heavy atom. The molecule has 1 heterocycles. The molecule has 0 fully saturated rings. The molecule has 0 amide bonds. The smallest absolute Gasteiger partial charge is 0.150 e. The van der Waals surface area contributed by atoms with Crippen LogP contribution in [0.3, 0.4) is 0 Å². The van der Waals surface area contributed by atoms with Gasteiger partial charge in [0.2, 0.25) is 0 Å². The normalized spacial score (nSPS) is 11.0. The predicted octanol–water partition coefficient (Wildman–Crippen LogP) is 6.43. The average molecular weight is 354 g/mol. The molecular weight excluding hydrogens is 318 g/mol. The van der Waals surface area contributed by atoms with Crippen molar-refractivity contribution in [2.24, 2.45) is 0 Å². The Hall–Kier alpha value is -1.90. The zero-order valence-corrected chi connectivity index (χ0v) is 16.5. The van der Waals surface area contributed by atoms with Crippen molar-refractivity contribution in [2.75, 3.05) is 0 Å². The summed E-state index contributed by atoms with van der Waals surface area (Å²) in [6.45, 7) is 6.84. The fourth-order valence-electron chi connectivity index (χ4n) is 3.24. The summed E-state index contributed by atoms with van der Waals surface area (Å²) >= 11 is 0. The molecule has 0 radical (unpaired) electrons. The van der Waals surface area contributed by atoms with E-state index < -0.39 is 0 Å². The summed E-state index contributed by atoms with van der Waals surface area (Å²) in [5.74, 6) is 0.979. The first-order valence-corrected chi connectivity index (χ1v) is 10.4. The monoisotopic (exact) mass is 353 g/mol. The van der Waals surface area contributed by atoms with Crippen molar-refractivity contribution in [2.45, 2.75) is 84.1 Å². The van der Waals surface area contributed by atoms with Crippen LogP contribution in [-0.4, -0.2) is 14.8 Å². The Morgan fingerprint density at radius 3 is 2.12 bits per heavy atom. The molecule has 1 aromatic carbocycles. The summed E-state index contributed by atoms with van der Waals surface area (Å²) in [5, 5.41) is 4.61. The SMILES string of the molecule is C=Cc1ccc(Cn2cnc(CCCCCCCCCCCC)n2)cc1. The van der Waals surface area contributed by atoms with Crippen LogP contribution >= 0.6 is 0 Å². The topological polar surface area (TPSA) is 30.7 Å². The summed E-state index contributed by atoms with van der Waals surface area (Å²) in [4.78, 5) is 4.46. The lowest BCUT2D eigenvalue weighted by Crippen LogP contribution is -2.01. The van der Waals surface area contributed by atoms with Crippen LogP contribution in [-0.2, 0) is 13.0 Å². The molecular formula is C23H35N3. The standard InChI is InChI=1S/C23H35N3/c1-3-5-6-7-8-9-10-11-12-13-14-23-24-20-26(25-23)19-22-17-15-21(4-2)16-18-22/h4,15-18,20H,2-3,5-14,19H2,1H3. The van der Waals surface area contributed by atoms with E-state index in [-0.39, 0.29) is 0 Å². The lowest BCUT2D eigenvalue weighted by atomic mass is 10.1. The van der Waals surface area contributed by atoms with Gasteiger partial charge in [0.1, 0.15) is 6.33 Å². The largest absolute Gasteiger partial charge is 0.248 e. The third-order valence-electron chi connectivity index (χ3n) is 4.90. The van der Waals surface area contributed by atoms with E-state index in [9.17, 15) is 0 Å². The molecule has 0 saturated heterocycles. The molecule has 142 valence electrons. The van der Waals surface area contributed by atoms with Gasteiger partial charge in [0, 0.05) is 6.42 Å². The van der Waals surface area contributed by atoms with Crippen LogP contribution in [0.25, 0.3) is 6.08 Å². The molecule has 3 nitrogen and oxygen atoms in total. The van der Waals surface area contributed by atoms with Crippen LogP contribution < -0.4 is 0 Å². The number of benzene rings is 1. The number of nitrogens with zero attached hydrogens (tertiary/aromatic N) is 3. The van der Waals surface area contributed by atoms with Crippen LogP contribution in [0.2, 0.25) is 0 Å². The van der Waals surface area contributed by atoms with Gasteiger partial charge in [0.05, 0.1) is 6.54 Å². The van der Waals surface area contributed by atoms with Crippen LogP contribution in [0.1, 0.15) is 88.1 Å². The number of aromatic nitrogens is 3. The van der Waals surface area contributed by atoms with Gasteiger partial charge in [0.25, 0.3) is 0 Å². The molecule has 26 heavy (non-hydrogen) atoms. The van der Waals surface area contributed by atoms with Gasteiger partial charge in [0.15, 0.2) is 5.82 Å². The fourth-order valence-corrected chi connectivity index (χ4v) is 3.24. The molecule has 0 N–H and O–H groups in total. The molecule has 2 aromatic rings. The summed E-state index contributed by atoms with van der Waals surface area (Å²) in [5.41, 5.74) is 2.39. The van der Waals surface area contributed by atoms with Crippen LogP contribution in [0.5, 0.6) is 0 Å². The minimum absolute atomic E-state index is 0.780. The average Bonchev–Trinajstić information content (AvgIpc) is 3.11. The molecule has 0 atom stereocenters. The first-order chi connectivity index (χ1) is 12.8. The molecule has 3 heteroatoms. The van der Waals surface area contributed by atoms with E-state index in [1.807, 2.05) is 17.1 Å². The molecule has 0 saturated carbocycles. The molecule has 0 aliphatic carbocycles. The first kappa shape index (κ1) is 20.4. The van der Waals surface area contributed by atoms with Crippen molar-refractivity contribution in [3.05, 3.63) is 54.1 Å². The Labute approximate surface area is 159 Å². The molecule has 2 rings (SSSR count). The maximum Gasteiger partial charge on any atom is 0.150 e. The van der Waals surface area contributed by atoms with Crippen molar-refractivity contribution >= 4 is 6.08 Å². The van der Waals surface area contributed by atoms with Crippen molar-refractivity contribution in [1.29, 1.82) is 0 Å². The van der Waals surface area contributed by atoms with E-state index in [2.05, 4.69) is 47.9 Å². The number of rotatable bonds is 14. The number of hydrogen-bond acceptors (Lipinski definition) is 2. The maximum atomic E-state index is 4.61. The van der Waals surface area contributed by atoms with Gasteiger partial charge in [-0.3, -0.25) is 0 Å². The molecule has 0 bridgehead atoms. The van der Waals surface area contributed by atoms with Crippen molar-refractivity contribution < 1.29 is 0 Å². The van der Waals surface area contributed by atoms with Gasteiger partial charge >= 0.3 is 0 Å². The fraction of sp³-hybridized carbons (Fsp3) is 0.565. The molecule has 0 aliphatic rings. The van der Waals surface area contributed by atoms with E-state index in [0.717, 1.165) is 24.4 Å². The molecule has 0 spiro atoms. The van der Waals surface area contributed by atoms with Crippen molar-refractivity contribution in [1.82, 2.24) is 14.8 Å². The van der Waals surface area contributed by atoms with E-state index in [1.54, 1.807) is 0 Å². The molecule has 0 aliphatic heterocycles. The van der Waals surface area contributed by atoms with Crippen molar-refractivity contribution in [3.8, 4) is 0 Å². The zero-order chi connectivity index (χ0) is 18.5. The van der Waals surface area contributed by atoms with E-state index in [4.69, 9.17) is 0 Å². The second-order valence-corrected chi connectivity index (χ2v) is 7.24. The Bertz CT molecular complexity index is 613. The van der Waals surface area contributed by atoms with Crippen LogP contribution in [0.4, 0.5) is 0 Å². The van der Waals surface area contributed by atoms with Gasteiger partial charge in [-0.1, -0.05) is 102 Å². The van der Waals surface area contributed by atoms with Crippen molar-refractivity contribution in [3.63, 3.8) is 0 Å². The zero-order valence-electron chi connectivity index (χ0n) is 16.5. The van der Waals surface area contributed by atoms with Crippen LogP contribution in [0, 0.1) is 0 Å². The molecule has 0 unspecified atom stereocenters. The van der Waals surface area contributed by atoms with Gasteiger partial charge in [-0.05, 0) is 17.5 Å². The summed E-state index contributed by atoms with van der Waals surface area (Å²) in [6, 6.07) is 8.43. The third kappa shape index (κ3) is 7.99. The number of hydrogen-bond donors (Lipinski definition) is 0. The minimum Gasteiger partial charge on any atom is -0.248 e. The summed E-state index contributed by atoms with van der Waals surface area (Å²) in [7, 11) is 0. The lowest BCUT2D eigenvalue weighted by molar-refractivity contribution is 0.553.